The highest BCUT2D eigenvalue weighted by Gasteiger charge is 2.16. The van der Waals surface area contributed by atoms with Crippen molar-refractivity contribution in [1.29, 1.82) is 0 Å². The van der Waals surface area contributed by atoms with E-state index >= 15 is 0 Å². The molecule has 0 spiro atoms. The molecule has 1 amide bonds. The minimum atomic E-state index is -3.15. The maximum absolute atomic E-state index is 11.6. The third-order valence-electron chi connectivity index (χ3n) is 2.77. The number of nitrogens with zero attached hydrogens (tertiary/aromatic N) is 1. The molecule has 6 nitrogen and oxygen atoms in total. The van der Waals surface area contributed by atoms with Crippen LogP contribution in [-0.4, -0.2) is 50.6 Å². The maximum Gasteiger partial charge on any atom is 0.236 e. The lowest BCUT2D eigenvalue weighted by atomic mass is 10.0. The fourth-order valence-electron chi connectivity index (χ4n) is 1.77. The molecule has 0 aromatic heterocycles. The Morgan fingerprint density at radius 3 is 2.37 bits per heavy atom. The molecule has 1 atom stereocenters. The van der Waals surface area contributed by atoms with E-state index in [1.807, 2.05) is 13.8 Å². The van der Waals surface area contributed by atoms with Gasteiger partial charge in [-0.25, -0.2) is 12.7 Å². The summed E-state index contributed by atoms with van der Waals surface area (Å²) in [7, 11) is -3.15. The Bertz CT molecular complexity index is 368. The molecule has 0 aliphatic carbocycles. The second-order valence-corrected chi connectivity index (χ2v) is 7.12. The lowest BCUT2D eigenvalue weighted by molar-refractivity contribution is -0.122. The zero-order valence-corrected chi connectivity index (χ0v) is 13.2. The number of nitrogens with one attached hydrogen (secondary N) is 1. The van der Waals surface area contributed by atoms with Crippen LogP contribution in [0, 0.1) is 5.92 Å². The highest BCUT2D eigenvalue weighted by Crippen LogP contribution is 2.02. The second-order valence-electron chi connectivity index (χ2n) is 5.14. The lowest BCUT2D eigenvalue weighted by Gasteiger charge is -2.18. The van der Waals surface area contributed by atoms with Crippen LogP contribution in [0.3, 0.4) is 0 Å². The number of sulfonamides is 1. The fraction of sp³-hybridized carbons (Fsp3) is 0.917. The molecular formula is C12H27N3O3S. The number of hydrogen-bond acceptors (Lipinski definition) is 4. The standard InChI is InChI=1S/C12H27N3O3S/c1-5-15(19(4,17)18)8-6-7-14-12(16)11(13)9-10(2)3/h10-11H,5-9,13H2,1-4H3,(H,14,16)/t11-/m1/s1. The largest absolute Gasteiger partial charge is 0.355 e. The first-order valence-corrected chi connectivity index (χ1v) is 8.51. The first-order chi connectivity index (χ1) is 8.68. The van der Waals surface area contributed by atoms with E-state index in [-0.39, 0.29) is 5.91 Å². The van der Waals surface area contributed by atoms with Gasteiger partial charge in [-0.15, -0.1) is 0 Å². The number of nitrogens with two attached hydrogens (primary N) is 1. The molecule has 0 bridgehead atoms. The van der Waals surface area contributed by atoms with Crippen molar-refractivity contribution in [2.45, 2.75) is 39.7 Å². The van der Waals surface area contributed by atoms with Crippen molar-refractivity contribution in [2.75, 3.05) is 25.9 Å². The molecule has 0 aliphatic rings. The van der Waals surface area contributed by atoms with Gasteiger partial charge in [0.1, 0.15) is 0 Å². The first kappa shape index (κ1) is 18.3. The van der Waals surface area contributed by atoms with Crippen LogP contribution in [0.2, 0.25) is 0 Å². The summed E-state index contributed by atoms with van der Waals surface area (Å²) in [5.74, 6) is 0.206. The summed E-state index contributed by atoms with van der Waals surface area (Å²) in [6.07, 6.45) is 2.42. The molecule has 0 saturated carbocycles. The summed E-state index contributed by atoms with van der Waals surface area (Å²) in [5.41, 5.74) is 5.74. The molecule has 3 N–H and O–H groups in total. The Balaban J connectivity index is 3.95. The molecule has 0 rings (SSSR count). The Hall–Kier alpha value is -0.660. The summed E-state index contributed by atoms with van der Waals surface area (Å²) in [5, 5.41) is 2.73. The zero-order chi connectivity index (χ0) is 15.1. The van der Waals surface area contributed by atoms with E-state index in [2.05, 4.69) is 5.32 Å². The van der Waals surface area contributed by atoms with Gasteiger partial charge in [0.15, 0.2) is 0 Å². The quantitative estimate of drug-likeness (QED) is 0.592. The SMILES string of the molecule is CCN(CCCNC(=O)[C@H](N)CC(C)C)S(C)(=O)=O. The van der Waals surface area contributed by atoms with E-state index in [1.165, 1.54) is 10.6 Å². The molecule has 0 aromatic rings. The van der Waals surface area contributed by atoms with E-state index in [4.69, 9.17) is 5.73 Å². The Morgan fingerprint density at radius 2 is 1.95 bits per heavy atom. The zero-order valence-electron chi connectivity index (χ0n) is 12.3. The van der Waals surface area contributed by atoms with Crippen molar-refractivity contribution in [2.24, 2.45) is 11.7 Å². The molecule has 19 heavy (non-hydrogen) atoms. The summed E-state index contributed by atoms with van der Waals surface area (Å²) in [6.45, 7) is 7.11. The van der Waals surface area contributed by atoms with Crippen LogP contribution in [-0.2, 0) is 14.8 Å². The molecule has 0 aromatic carbocycles. The number of rotatable bonds is 9. The van der Waals surface area contributed by atoms with Gasteiger partial charge in [-0.2, -0.15) is 0 Å². The third-order valence-corrected chi connectivity index (χ3v) is 4.15. The van der Waals surface area contributed by atoms with Crippen molar-refractivity contribution in [3.63, 3.8) is 0 Å². The van der Waals surface area contributed by atoms with Crippen molar-refractivity contribution in [3.05, 3.63) is 0 Å². The van der Waals surface area contributed by atoms with Crippen molar-refractivity contribution >= 4 is 15.9 Å². The van der Waals surface area contributed by atoms with Gasteiger partial charge in [0.05, 0.1) is 12.3 Å². The van der Waals surface area contributed by atoms with Gasteiger partial charge in [-0.1, -0.05) is 20.8 Å². The number of amides is 1. The molecule has 0 heterocycles. The lowest BCUT2D eigenvalue weighted by Crippen LogP contribution is -2.42. The Morgan fingerprint density at radius 1 is 1.37 bits per heavy atom. The smallest absolute Gasteiger partial charge is 0.236 e. The average molecular weight is 293 g/mol. The molecule has 0 fully saturated rings. The predicted octanol–water partition coefficient (Wildman–Crippen LogP) is 0.148. The summed E-state index contributed by atoms with van der Waals surface area (Å²) in [4.78, 5) is 11.6. The van der Waals surface area contributed by atoms with Crippen LogP contribution in [0.5, 0.6) is 0 Å². The summed E-state index contributed by atoms with van der Waals surface area (Å²) < 4.78 is 24.1. The van der Waals surface area contributed by atoms with Gasteiger partial charge in [0.2, 0.25) is 15.9 Å². The van der Waals surface area contributed by atoms with E-state index < -0.39 is 16.1 Å². The fourth-order valence-corrected chi connectivity index (χ4v) is 2.70. The number of hydrogen-bond donors (Lipinski definition) is 2. The number of carbonyl (C=O) groups excluding carboxylic acids is 1. The van der Waals surface area contributed by atoms with Gasteiger partial charge in [0.25, 0.3) is 0 Å². The number of carbonyl (C=O) groups is 1. The molecule has 0 unspecified atom stereocenters. The van der Waals surface area contributed by atoms with Gasteiger partial charge >= 0.3 is 0 Å². The molecule has 0 saturated heterocycles. The predicted molar refractivity (Wildman–Crippen MR) is 77.1 cm³/mol. The van der Waals surface area contributed by atoms with Gasteiger partial charge < -0.3 is 11.1 Å². The van der Waals surface area contributed by atoms with E-state index in [1.54, 1.807) is 6.92 Å². The average Bonchev–Trinajstić information content (AvgIpc) is 2.25. The van der Waals surface area contributed by atoms with Crippen LogP contribution in [0.15, 0.2) is 0 Å². The van der Waals surface area contributed by atoms with Gasteiger partial charge in [-0.3, -0.25) is 4.79 Å². The normalized spacial score (nSPS) is 13.8. The van der Waals surface area contributed by atoms with Crippen LogP contribution in [0.4, 0.5) is 0 Å². The molecular weight excluding hydrogens is 266 g/mol. The van der Waals surface area contributed by atoms with Crippen LogP contribution in [0.1, 0.15) is 33.6 Å². The van der Waals surface area contributed by atoms with Crippen LogP contribution in [0.25, 0.3) is 0 Å². The second kappa shape index (κ2) is 8.50. The van der Waals surface area contributed by atoms with E-state index in [0.717, 1.165) is 0 Å². The van der Waals surface area contributed by atoms with E-state index in [0.29, 0.717) is 38.4 Å². The summed E-state index contributed by atoms with van der Waals surface area (Å²) in [6, 6.07) is -0.489. The van der Waals surface area contributed by atoms with Crippen LogP contribution < -0.4 is 11.1 Å². The highest BCUT2D eigenvalue weighted by atomic mass is 32.2. The monoisotopic (exact) mass is 293 g/mol. The highest BCUT2D eigenvalue weighted by molar-refractivity contribution is 7.88. The topological polar surface area (TPSA) is 92.5 Å². The van der Waals surface area contributed by atoms with Gasteiger partial charge in [-0.05, 0) is 18.8 Å². The maximum atomic E-state index is 11.6. The van der Waals surface area contributed by atoms with Crippen molar-refractivity contribution in [1.82, 2.24) is 9.62 Å². The minimum Gasteiger partial charge on any atom is -0.355 e. The summed E-state index contributed by atoms with van der Waals surface area (Å²) >= 11 is 0. The Labute approximate surface area is 116 Å². The van der Waals surface area contributed by atoms with E-state index in [9.17, 15) is 13.2 Å². The Kier molecular flexibility index (Phi) is 8.20. The molecule has 0 aliphatic heterocycles. The van der Waals surface area contributed by atoms with Crippen molar-refractivity contribution in [3.8, 4) is 0 Å². The van der Waals surface area contributed by atoms with Crippen LogP contribution >= 0.6 is 0 Å². The molecule has 0 radical (unpaired) electrons. The molecule has 7 heteroatoms. The molecule has 114 valence electrons. The van der Waals surface area contributed by atoms with Crippen molar-refractivity contribution < 1.29 is 13.2 Å². The first-order valence-electron chi connectivity index (χ1n) is 6.66. The van der Waals surface area contributed by atoms with Gasteiger partial charge in [0, 0.05) is 19.6 Å². The third kappa shape index (κ3) is 8.18. The minimum absolute atomic E-state index is 0.170.